The first-order valence-corrected chi connectivity index (χ1v) is 15.2. The molecule has 0 fully saturated rings. The van der Waals surface area contributed by atoms with E-state index in [0.717, 1.165) is 17.3 Å². The Balaban J connectivity index is 4.87. The van der Waals surface area contributed by atoms with E-state index in [1.165, 1.54) is 0 Å². The van der Waals surface area contributed by atoms with E-state index >= 15 is 0 Å². The fourth-order valence-corrected chi connectivity index (χ4v) is 5.01. The molecule has 0 atom stereocenters. The summed E-state index contributed by atoms with van der Waals surface area (Å²) in [5.41, 5.74) is 0. The van der Waals surface area contributed by atoms with Crippen LogP contribution in [0.15, 0.2) is 0 Å². The van der Waals surface area contributed by atoms with Gasteiger partial charge in [0.25, 0.3) is 5.97 Å². The van der Waals surface area contributed by atoms with Gasteiger partial charge in [-0.05, 0) is 50.1 Å². The molecule has 0 aliphatic rings. The Kier molecular flexibility index (Phi) is 7.68. The zero-order valence-electron chi connectivity index (χ0n) is 12.2. The van der Waals surface area contributed by atoms with E-state index in [2.05, 4.69) is 61.9 Å². The standard InChI is InChI=1S/C10H27IO3Si3/c1-16(2,3)13-10(12-15,8-7-9-11)14-17(4,5)6/h7-9H2,1-6,15H3. The minimum absolute atomic E-state index is 0.642. The molecule has 0 aromatic carbocycles. The first-order chi connectivity index (χ1) is 7.54. The summed E-state index contributed by atoms with van der Waals surface area (Å²) in [6.45, 7) is 13.1. The van der Waals surface area contributed by atoms with Gasteiger partial charge in [-0.3, -0.25) is 0 Å². The summed E-state index contributed by atoms with van der Waals surface area (Å²) in [7, 11) is -2.70. The Morgan fingerprint density at radius 2 is 1.41 bits per heavy atom. The minimum atomic E-state index is -1.67. The lowest BCUT2D eigenvalue weighted by atomic mass is 10.3. The van der Waals surface area contributed by atoms with Crippen LogP contribution in [0.4, 0.5) is 0 Å². The van der Waals surface area contributed by atoms with Gasteiger partial charge in [-0.25, -0.2) is 0 Å². The molecule has 0 aromatic heterocycles. The maximum Gasteiger partial charge on any atom is 0.253 e. The van der Waals surface area contributed by atoms with E-state index in [1.54, 1.807) is 0 Å². The third-order valence-corrected chi connectivity index (χ3v) is 5.08. The molecule has 0 aliphatic heterocycles. The van der Waals surface area contributed by atoms with E-state index in [0.29, 0.717) is 10.5 Å². The Morgan fingerprint density at radius 1 is 1.00 bits per heavy atom. The molecule has 3 nitrogen and oxygen atoms in total. The van der Waals surface area contributed by atoms with Crippen LogP contribution in [0, 0.1) is 0 Å². The van der Waals surface area contributed by atoms with Crippen LogP contribution >= 0.6 is 22.6 Å². The molecule has 0 aliphatic carbocycles. The predicted molar refractivity (Wildman–Crippen MR) is 90.7 cm³/mol. The third-order valence-electron chi connectivity index (χ3n) is 1.85. The Labute approximate surface area is 125 Å². The molecule has 0 unspecified atom stereocenters. The molecule has 7 heteroatoms. The van der Waals surface area contributed by atoms with E-state index in [9.17, 15) is 0 Å². The fourth-order valence-electron chi connectivity index (χ4n) is 1.52. The summed E-state index contributed by atoms with van der Waals surface area (Å²) in [5.74, 6) is -0.758. The van der Waals surface area contributed by atoms with Crippen LogP contribution < -0.4 is 0 Å². The first-order valence-electron chi connectivity index (χ1n) is 6.05. The number of alkyl halides is 1. The molecule has 0 saturated heterocycles. The molecule has 17 heavy (non-hydrogen) atoms. The van der Waals surface area contributed by atoms with Crippen LogP contribution in [0.5, 0.6) is 0 Å². The summed E-state index contributed by atoms with van der Waals surface area (Å²) in [6, 6.07) is 0. The summed E-state index contributed by atoms with van der Waals surface area (Å²) in [5, 5.41) is 0. The van der Waals surface area contributed by atoms with Crippen LogP contribution in [0.3, 0.4) is 0 Å². The Bertz CT molecular complexity index is 210. The van der Waals surface area contributed by atoms with Gasteiger partial charge in [-0.1, -0.05) is 22.6 Å². The molecular weight excluding hydrogens is 379 g/mol. The highest BCUT2D eigenvalue weighted by Crippen LogP contribution is 2.29. The Morgan fingerprint density at radius 3 is 1.65 bits per heavy atom. The van der Waals surface area contributed by atoms with Gasteiger partial charge in [0.15, 0.2) is 27.1 Å². The second kappa shape index (κ2) is 7.15. The third kappa shape index (κ3) is 8.89. The van der Waals surface area contributed by atoms with Gasteiger partial charge >= 0.3 is 0 Å². The molecule has 0 N–H and O–H groups in total. The van der Waals surface area contributed by atoms with Crippen LogP contribution in [0.2, 0.25) is 39.3 Å². The Hall–Kier alpha value is 1.26. The fraction of sp³-hybridized carbons (Fsp3) is 1.00. The summed E-state index contributed by atoms with van der Waals surface area (Å²) in [4.78, 5) is 0. The van der Waals surface area contributed by atoms with Gasteiger partial charge in [-0.15, -0.1) is 0 Å². The predicted octanol–water partition coefficient (Wildman–Crippen LogP) is 2.86. The van der Waals surface area contributed by atoms with Gasteiger partial charge in [0.05, 0.1) is 0 Å². The minimum Gasteiger partial charge on any atom is -0.382 e. The smallest absolute Gasteiger partial charge is 0.253 e. The van der Waals surface area contributed by atoms with Crippen molar-refractivity contribution in [3.05, 3.63) is 0 Å². The highest BCUT2D eigenvalue weighted by Gasteiger charge is 2.40. The van der Waals surface area contributed by atoms with Gasteiger partial charge in [0.2, 0.25) is 0 Å². The van der Waals surface area contributed by atoms with Crippen molar-refractivity contribution in [2.75, 3.05) is 4.43 Å². The van der Waals surface area contributed by atoms with E-state index in [-0.39, 0.29) is 0 Å². The molecule has 0 amide bonds. The average molecular weight is 406 g/mol. The van der Waals surface area contributed by atoms with Crippen LogP contribution in [-0.2, 0) is 13.3 Å². The molecule has 0 saturated carbocycles. The summed E-state index contributed by atoms with van der Waals surface area (Å²) < 4.78 is 19.3. The number of hydrogen-bond donors (Lipinski definition) is 0. The first kappa shape index (κ1) is 18.3. The molecule has 0 radical (unpaired) electrons. The second-order valence-corrected chi connectivity index (χ2v) is 16.5. The van der Waals surface area contributed by atoms with Crippen molar-refractivity contribution in [2.45, 2.75) is 58.1 Å². The van der Waals surface area contributed by atoms with Gasteiger partial charge in [-0.2, -0.15) is 0 Å². The van der Waals surface area contributed by atoms with Crippen LogP contribution in [-0.4, -0.2) is 37.5 Å². The maximum absolute atomic E-state index is 6.21. The van der Waals surface area contributed by atoms with Crippen molar-refractivity contribution in [1.82, 2.24) is 0 Å². The molecule has 0 aromatic rings. The quantitative estimate of drug-likeness (QED) is 0.269. The highest BCUT2D eigenvalue weighted by atomic mass is 127. The van der Waals surface area contributed by atoms with E-state index in [1.807, 2.05) is 0 Å². The van der Waals surface area contributed by atoms with E-state index in [4.69, 9.17) is 13.3 Å². The molecule has 104 valence electrons. The molecular formula is C10H27IO3Si3. The van der Waals surface area contributed by atoms with Crippen LogP contribution in [0.1, 0.15) is 12.8 Å². The highest BCUT2D eigenvalue weighted by molar-refractivity contribution is 14.1. The topological polar surface area (TPSA) is 27.7 Å². The molecule has 0 heterocycles. The van der Waals surface area contributed by atoms with Gasteiger partial charge in [0, 0.05) is 6.42 Å². The summed E-state index contributed by atoms with van der Waals surface area (Å²) >= 11 is 2.39. The zero-order chi connectivity index (χ0) is 13.7. The number of rotatable bonds is 8. The average Bonchev–Trinajstić information content (AvgIpc) is 2.09. The second-order valence-electron chi connectivity index (χ2n) is 6.11. The molecule has 0 rings (SSSR count). The molecule has 0 spiro atoms. The normalized spacial score (nSPS) is 14.3. The van der Waals surface area contributed by atoms with Crippen LogP contribution in [0.25, 0.3) is 0 Å². The summed E-state index contributed by atoms with van der Waals surface area (Å²) in [6.07, 6.45) is 1.91. The van der Waals surface area contributed by atoms with Crippen molar-refractivity contribution < 1.29 is 13.3 Å². The lowest BCUT2D eigenvalue weighted by molar-refractivity contribution is -0.266. The SMILES string of the molecule is C[Si](C)(C)OC(CCCI)(O[SiH3])O[Si](C)(C)C. The largest absolute Gasteiger partial charge is 0.382 e. The van der Waals surface area contributed by atoms with Crippen molar-refractivity contribution in [3.63, 3.8) is 0 Å². The van der Waals surface area contributed by atoms with Crippen molar-refractivity contribution in [1.29, 1.82) is 0 Å². The number of hydrogen-bond acceptors (Lipinski definition) is 3. The van der Waals surface area contributed by atoms with Crippen molar-refractivity contribution in [2.24, 2.45) is 0 Å². The zero-order valence-corrected chi connectivity index (χ0v) is 18.4. The molecule has 0 bridgehead atoms. The lowest BCUT2D eigenvalue weighted by Crippen LogP contribution is -2.51. The number of halogens is 1. The van der Waals surface area contributed by atoms with Gasteiger partial charge < -0.3 is 13.3 Å². The monoisotopic (exact) mass is 406 g/mol. The van der Waals surface area contributed by atoms with E-state index < -0.39 is 22.6 Å². The van der Waals surface area contributed by atoms with Crippen molar-refractivity contribution >= 4 is 49.7 Å². The van der Waals surface area contributed by atoms with Crippen molar-refractivity contribution in [3.8, 4) is 0 Å². The van der Waals surface area contributed by atoms with Gasteiger partial charge in [0.1, 0.15) is 0 Å². The maximum atomic E-state index is 6.21. The lowest BCUT2D eigenvalue weighted by Gasteiger charge is -2.41.